The van der Waals surface area contributed by atoms with E-state index in [1.54, 1.807) is 0 Å². The third-order valence-electron chi connectivity index (χ3n) is 4.44. The highest BCUT2D eigenvalue weighted by atomic mass is 16.1. The fourth-order valence-corrected chi connectivity index (χ4v) is 3.14. The summed E-state index contributed by atoms with van der Waals surface area (Å²) in [6, 6.07) is 14.5. The smallest absolute Gasteiger partial charge is 0.221 e. The molecule has 1 aromatic heterocycles. The molecule has 0 aliphatic heterocycles. The number of aromatic amines is 1. The van der Waals surface area contributed by atoms with Crippen molar-refractivity contribution in [1.82, 2.24) is 10.3 Å². The number of aryl methyl sites for hydroxylation is 1. The van der Waals surface area contributed by atoms with Gasteiger partial charge in [0.2, 0.25) is 5.91 Å². The largest absolute Gasteiger partial charge is 0.361 e. The summed E-state index contributed by atoms with van der Waals surface area (Å²) in [6.07, 6.45) is 4.18. The van der Waals surface area contributed by atoms with Gasteiger partial charge >= 0.3 is 0 Å². The Morgan fingerprint density at radius 3 is 2.60 bits per heavy atom. The van der Waals surface area contributed by atoms with Crippen molar-refractivity contribution in [2.24, 2.45) is 0 Å². The standard InChI is InChI=1S/C21H25N3O/c1-3-17-5-4-6-20-18(14-23-21(17)20)11-12-22-13-16-7-9-19(10-8-16)24-15(2)25/h4-10,14,22-23H,3,11-13H2,1-2H3,(H,24,25). The Bertz CT molecular complexity index is 849. The van der Waals surface area contributed by atoms with Crippen LogP contribution in [0.15, 0.2) is 48.7 Å². The highest BCUT2D eigenvalue weighted by Gasteiger charge is 2.06. The zero-order valence-electron chi connectivity index (χ0n) is 14.9. The molecule has 0 unspecified atom stereocenters. The van der Waals surface area contributed by atoms with Crippen LogP contribution < -0.4 is 10.6 Å². The molecule has 0 saturated heterocycles. The van der Waals surface area contributed by atoms with E-state index in [0.717, 1.165) is 31.6 Å². The third-order valence-corrected chi connectivity index (χ3v) is 4.44. The average Bonchev–Trinajstić information content (AvgIpc) is 3.03. The molecule has 0 radical (unpaired) electrons. The zero-order valence-corrected chi connectivity index (χ0v) is 14.9. The summed E-state index contributed by atoms with van der Waals surface area (Å²) in [6.45, 7) is 5.46. The van der Waals surface area contributed by atoms with Crippen LogP contribution in [0.3, 0.4) is 0 Å². The molecule has 0 fully saturated rings. The van der Waals surface area contributed by atoms with Crippen molar-refractivity contribution in [3.05, 3.63) is 65.4 Å². The molecule has 3 aromatic rings. The minimum Gasteiger partial charge on any atom is -0.361 e. The van der Waals surface area contributed by atoms with Crippen LogP contribution in [0, 0.1) is 0 Å². The molecule has 3 rings (SSSR count). The molecular formula is C21H25N3O. The van der Waals surface area contributed by atoms with Crippen molar-refractivity contribution < 1.29 is 4.79 Å². The lowest BCUT2D eigenvalue weighted by Crippen LogP contribution is -2.16. The summed E-state index contributed by atoms with van der Waals surface area (Å²) in [5.74, 6) is -0.0455. The second kappa shape index (κ2) is 7.99. The number of nitrogens with one attached hydrogen (secondary N) is 3. The number of carbonyl (C=O) groups excluding carboxylic acids is 1. The van der Waals surface area contributed by atoms with Crippen LogP contribution in [0.4, 0.5) is 5.69 Å². The van der Waals surface area contributed by atoms with Crippen molar-refractivity contribution in [1.29, 1.82) is 0 Å². The first-order chi connectivity index (χ1) is 12.2. The molecule has 0 saturated carbocycles. The minimum absolute atomic E-state index is 0.0455. The van der Waals surface area contributed by atoms with Gasteiger partial charge in [-0.15, -0.1) is 0 Å². The first-order valence-electron chi connectivity index (χ1n) is 8.82. The molecule has 0 spiro atoms. The SMILES string of the molecule is CCc1cccc2c(CCNCc3ccc(NC(C)=O)cc3)c[nH]c12. The second-order valence-electron chi connectivity index (χ2n) is 6.31. The number of carbonyl (C=O) groups is 1. The Balaban J connectivity index is 1.53. The number of anilines is 1. The highest BCUT2D eigenvalue weighted by molar-refractivity contribution is 5.88. The number of amides is 1. The highest BCUT2D eigenvalue weighted by Crippen LogP contribution is 2.22. The number of H-pyrrole nitrogens is 1. The lowest BCUT2D eigenvalue weighted by molar-refractivity contribution is -0.114. The van der Waals surface area contributed by atoms with E-state index < -0.39 is 0 Å². The first-order valence-corrected chi connectivity index (χ1v) is 8.82. The van der Waals surface area contributed by atoms with Gasteiger partial charge in [0.05, 0.1) is 0 Å². The van der Waals surface area contributed by atoms with E-state index >= 15 is 0 Å². The van der Waals surface area contributed by atoms with Gasteiger partial charge < -0.3 is 15.6 Å². The van der Waals surface area contributed by atoms with E-state index in [9.17, 15) is 4.79 Å². The van der Waals surface area contributed by atoms with Crippen LogP contribution in [-0.4, -0.2) is 17.4 Å². The van der Waals surface area contributed by atoms with E-state index in [4.69, 9.17) is 0 Å². The molecule has 0 atom stereocenters. The quantitative estimate of drug-likeness (QED) is 0.571. The summed E-state index contributed by atoms with van der Waals surface area (Å²) < 4.78 is 0. The number of hydrogen-bond donors (Lipinski definition) is 3. The molecule has 2 aromatic carbocycles. The third kappa shape index (κ3) is 4.28. The fourth-order valence-electron chi connectivity index (χ4n) is 3.14. The van der Waals surface area contributed by atoms with E-state index in [-0.39, 0.29) is 5.91 Å². The zero-order chi connectivity index (χ0) is 17.6. The van der Waals surface area contributed by atoms with Gasteiger partial charge in [-0.25, -0.2) is 0 Å². The van der Waals surface area contributed by atoms with Crippen LogP contribution in [0.25, 0.3) is 10.9 Å². The molecular weight excluding hydrogens is 310 g/mol. The van der Waals surface area contributed by atoms with Crippen molar-refractivity contribution in [2.45, 2.75) is 33.2 Å². The van der Waals surface area contributed by atoms with Crippen molar-refractivity contribution in [3.63, 3.8) is 0 Å². The summed E-state index contributed by atoms with van der Waals surface area (Å²) >= 11 is 0. The number of hydrogen-bond acceptors (Lipinski definition) is 2. The van der Waals surface area contributed by atoms with Gasteiger partial charge in [-0.1, -0.05) is 37.3 Å². The average molecular weight is 335 g/mol. The maximum atomic E-state index is 11.0. The van der Waals surface area contributed by atoms with E-state index in [0.29, 0.717) is 0 Å². The molecule has 1 amide bonds. The van der Waals surface area contributed by atoms with Gasteiger partial charge in [-0.2, -0.15) is 0 Å². The first kappa shape index (κ1) is 17.2. The van der Waals surface area contributed by atoms with Crippen LogP contribution in [0.2, 0.25) is 0 Å². The van der Waals surface area contributed by atoms with Crippen molar-refractivity contribution in [2.75, 3.05) is 11.9 Å². The van der Waals surface area contributed by atoms with E-state index in [2.05, 4.69) is 46.9 Å². The van der Waals surface area contributed by atoms with Gasteiger partial charge in [-0.3, -0.25) is 4.79 Å². The molecule has 4 nitrogen and oxygen atoms in total. The number of rotatable bonds is 7. The Morgan fingerprint density at radius 1 is 1.08 bits per heavy atom. The molecule has 3 N–H and O–H groups in total. The van der Waals surface area contributed by atoms with Gasteiger partial charge in [0.25, 0.3) is 0 Å². The maximum absolute atomic E-state index is 11.0. The number of aromatic nitrogens is 1. The Labute approximate surface area is 148 Å². The predicted octanol–water partition coefficient (Wildman–Crippen LogP) is 4.02. The summed E-state index contributed by atoms with van der Waals surface area (Å²) in [5.41, 5.74) is 6.05. The summed E-state index contributed by atoms with van der Waals surface area (Å²) in [5, 5.41) is 7.61. The number of fused-ring (bicyclic) bond motifs is 1. The van der Waals surface area contributed by atoms with Crippen LogP contribution >= 0.6 is 0 Å². The monoisotopic (exact) mass is 335 g/mol. The van der Waals surface area contributed by atoms with Gasteiger partial charge in [0, 0.05) is 36.3 Å². The molecule has 0 bridgehead atoms. The van der Waals surface area contributed by atoms with Crippen molar-refractivity contribution in [3.8, 4) is 0 Å². The molecule has 0 aliphatic carbocycles. The number of para-hydroxylation sites is 1. The maximum Gasteiger partial charge on any atom is 0.221 e. The molecule has 130 valence electrons. The fraction of sp³-hybridized carbons (Fsp3) is 0.286. The van der Waals surface area contributed by atoms with Crippen molar-refractivity contribution >= 4 is 22.5 Å². The topological polar surface area (TPSA) is 56.9 Å². The van der Waals surface area contributed by atoms with Gasteiger partial charge in [0.15, 0.2) is 0 Å². The Morgan fingerprint density at radius 2 is 1.88 bits per heavy atom. The van der Waals surface area contributed by atoms with E-state index in [1.807, 2.05) is 24.3 Å². The summed E-state index contributed by atoms with van der Waals surface area (Å²) in [4.78, 5) is 14.5. The van der Waals surface area contributed by atoms with Crippen LogP contribution in [0.5, 0.6) is 0 Å². The molecule has 4 heteroatoms. The Hall–Kier alpha value is -2.59. The number of benzene rings is 2. The Kier molecular flexibility index (Phi) is 5.51. The normalized spacial score (nSPS) is 11.0. The van der Waals surface area contributed by atoms with Crippen LogP contribution in [0.1, 0.15) is 30.5 Å². The van der Waals surface area contributed by atoms with Crippen LogP contribution in [-0.2, 0) is 24.2 Å². The lowest BCUT2D eigenvalue weighted by atomic mass is 10.1. The van der Waals surface area contributed by atoms with E-state index in [1.165, 1.54) is 34.5 Å². The molecule has 0 aliphatic rings. The second-order valence-corrected chi connectivity index (χ2v) is 6.31. The minimum atomic E-state index is -0.0455. The van der Waals surface area contributed by atoms with Gasteiger partial charge in [0.1, 0.15) is 0 Å². The molecule has 25 heavy (non-hydrogen) atoms. The predicted molar refractivity (Wildman–Crippen MR) is 104 cm³/mol. The summed E-state index contributed by atoms with van der Waals surface area (Å²) in [7, 11) is 0. The molecule has 1 heterocycles. The lowest BCUT2D eigenvalue weighted by Gasteiger charge is -2.07. The van der Waals surface area contributed by atoms with Gasteiger partial charge in [-0.05, 0) is 48.2 Å².